The molecule has 0 amide bonds. The molecule has 2 rings (SSSR count). The van der Waals surface area contributed by atoms with Crippen LogP contribution in [0.1, 0.15) is 77.0 Å². The van der Waals surface area contributed by atoms with E-state index in [0.717, 1.165) is 5.11 Å². The molecule has 3 heteroatoms. The van der Waals surface area contributed by atoms with Crippen LogP contribution in [0.25, 0.3) is 0 Å². The molecule has 2 nitrogen and oxygen atoms in total. The van der Waals surface area contributed by atoms with Crippen molar-refractivity contribution in [3.8, 4) is 0 Å². The van der Waals surface area contributed by atoms with Crippen molar-refractivity contribution in [2.24, 2.45) is 0 Å². The molecule has 1 aromatic carbocycles. The summed E-state index contributed by atoms with van der Waals surface area (Å²) in [4.78, 5) is 0. The molecule has 1 atom stereocenters. The van der Waals surface area contributed by atoms with Crippen molar-refractivity contribution < 1.29 is 0 Å². The molecular weight excluding hydrogens is 288 g/mol. The number of nitrogens with one attached hydrogen (secondary N) is 2. The molecule has 0 bridgehead atoms. The SMILES string of the molecule is C[C@H](NC(=S)NC1CCCCC1)c1ccc(C(C)(C)C)cc1. The van der Waals surface area contributed by atoms with Crippen LogP contribution in [-0.2, 0) is 5.41 Å². The fraction of sp³-hybridized carbons (Fsp3) is 0.632. The van der Waals surface area contributed by atoms with E-state index in [0.29, 0.717) is 6.04 Å². The van der Waals surface area contributed by atoms with Crippen molar-refractivity contribution in [3.63, 3.8) is 0 Å². The zero-order valence-electron chi connectivity index (χ0n) is 14.4. The quantitative estimate of drug-likeness (QED) is 0.780. The zero-order valence-corrected chi connectivity index (χ0v) is 15.2. The Kier molecular flexibility index (Phi) is 5.85. The summed E-state index contributed by atoms with van der Waals surface area (Å²) in [5.41, 5.74) is 2.85. The summed E-state index contributed by atoms with van der Waals surface area (Å²) < 4.78 is 0. The van der Waals surface area contributed by atoms with Crippen LogP contribution in [0.2, 0.25) is 0 Å². The first-order valence-electron chi connectivity index (χ1n) is 8.54. The Balaban J connectivity index is 1.88. The van der Waals surface area contributed by atoms with Crippen molar-refractivity contribution >= 4 is 17.3 Å². The number of hydrogen-bond donors (Lipinski definition) is 2. The van der Waals surface area contributed by atoms with Gasteiger partial charge in [-0.1, -0.05) is 64.3 Å². The molecule has 0 aliphatic heterocycles. The van der Waals surface area contributed by atoms with Gasteiger partial charge in [0, 0.05) is 6.04 Å². The molecule has 0 unspecified atom stereocenters. The van der Waals surface area contributed by atoms with Gasteiger partial charge in [-0.2, -0.15) is 0 Å². The standard InChI is InChI=1S/C19H30N2S/c1-14(15-10-12-16(13-11-15)19(2,3)4)20-18(22)21-17-8-6-5-7-9-17/h10-14,17H,5-9H2,1-4H3,(H2,20,21,22)/t14-/m0/s1. The summed E-state index contributed by atoms with van der Waals surface area (Å²) >= 11 is 5.47. The summed E-state index contributed by atoms with van der Waals surface area (Å²) in [5.74, 6) is 0. The van der Waals surface area contributed by atoms with Gasteiger partial charge in [-0.15, -0.1) is 0 Å². The molecule has 1 aliphatic carbocycles. The van der Waals surface area contributed by atoms with Gasteiger partial charge in [0.15, 0.2) is 5.11 Å². The monoisotopic (exact) mass is 318 g/mol. The summed E-state index contributed by atoms with van der Waals surface area (Å²) in [5, 5.41) is 7.69. The topological polar surface area (TPSA) is 24.1 Å². The second-order valence-corrected chi connectivity index (χ2v) is 7.95. The molecule has 0 aromatic heterocycles. The Morgan fingerprint density at radius 2 is 1.68 bits per heavy atom. The second-order valence-electron chi connectivity index (χ2n) is 7.55. The highest BCUT2D eigenvalue weighted by molar-refractivity contribution is 7.80. The molecule has 1 aromatic rings. The third-order valence-corrected chi connectivity index (χ3v) is 4.80. The summed E-state index contributed by atoms with van der Waals surface area (Å²) in [6, 6.07) is 9.67. The Morgan fingerprint density at radius 1 is 1.09 bits per heavy atom. The largest absolute Gasteiger partial charge is 0.360 e. The molecule has 1 saturated carbocycles. The first-order chi connectivity index (χ1) is 10.4. The molecule has 122 valence electrons. The highest BCUT2D eigenvalue weighted by Gasteiger charge is 2.16. The average Bonchev–Trinajstić information content (AvgIpc) is 2.47. The van der Waals surface area contributed by atoms with Crippen LogP contribution in [0.4, 0.5) is 0 Å². The van der Waals surface area contributed by atoms with Gasteiger partial charge in [0.1, 0.15) is 0 Å². The molecule has 2 N–H and O–H groups in total. The van der Waals surface area contributed by atoms with E-state index in [9.17, 15) is 0 Å². The fourth-order valence-electron chi connectivity index (χ4n) is 3.03. The second kappa shape index (κ2) is 7.45. The lowest BCUT2D eigenvalue weighted by Crippen LogP contribution is -2.43. The van der Waals surface area contributed by atoms with E-state index >= 15 is 0 Å². The molecule has 0 saturated heterocycles. The Bertz CT molecular complexity index is 481. The van der Waals surface area contributed by atoms with Gasteiger partial charge in [-0.3, -0.25) is 0 Å². The van der Waals surface area contributed by atoms with E-state index in [4.69, 9.17) is 12.2 Å². The lowest BCUT2D eigenvalue weighted by atomic mass is 9.86. The Morgan fingerprint density at radius 3 is 2.23 bits per heavy atom. The van der Waals surface area contributed by atoms with Crippen molar-refractivity contribution in [2.75, 3.05) is 0 Å². The normalized spacial score (nSPS) is 17.8. The van der Waals surface area contributed by atoms with Gasteiger partial charge in [0.2, 0.25) is 0 Å². The Hall–Kier alpha value is -1.09. The van der Waals surface area contributed by atoms with Gasteiger partial charge in [-0.25, -0.2) is 0 Å². The van der Waals surface area contributed by atoms with Gasteiger partial charge >= 0.3 is 0 Å². The van der Waals surface area contributed by atoms with E-state index in [1.165, 1.54) is 43.2 Å². The average molecular weight is 319 g/mol. The van der Waals surface area contributed by atoms with Gasteiger partial charge in [-0.05, 0) is 48.5 Å². The number of thiocarbonyl (C=S) groups is 1. The minimum Gasteiger partial charge on any atom is -0.360 e. The third kappa shape index (κ3) is 4.98. The third-order valence-electron chi connectivity index (χ3n) is 4.56. The van der Waals surface area contributed by atoms with E-state index < -0.39 is 0 Å². The van der Waals surface area contributed by atoms with Gasteiger partial charge in [0.05, 0.1) is 6.04 Å². The minimum atomic E-state index is 0.201. The van der Waals surface area contributed by atoms with Gasteiger partial charge < -0.3 is 10.6 Å². The van der Waals surface area contributed by atoms with Crippen LogP contribution < -0.4 is 10.6 Å². The van der Waals surface area contributed by atoms with E-state index in [-0.39, 0.29) is 11.5 Å². The lowest BCUT2D eigenvalue weighted by Gasteiger charge is -2.26. The summed E-state index contributed by atoms with van der Waals surface area (Å²) in [6.07, 6.45) is 6.51. The first-order valence-corrected chi connectivity index (χ1v) is 8.94. The zero-order chi connectivity index (χ0) is 16.2. The number of benzene rings is 1. The van der Waals surface area contributed by atoms with Crippen LogP contribution in [0.3, 0.4) is 0 Å². The molecule has 0 spiro atoms. The first kappa shape index (κ1) is 17.3. The van der Waals surface area contributed by atoms with Crippen LogP contribution in [0, 0.1) is 0 Å². The van der Waals surface area contributed by atoms with Crippen molar-refractivity contribution in [1.82, 2.24) is 10.6 Å². The number of rotatable bonds is 3. The van der Waals surface area contributed by atoms with Crippen molar-refractivity contribution in [1.29, 1.82) is 0 Å². The number of hydrogen-bond acceptors (Lipinski definition) is 1. The highest BCUT2D eigenvalue weighted by atomic mass is 32.1. The molecule has 0 heterocycles. The maximum Gasteiger partial charge on any atom is 0.166 e. The van der Waals surface area contributed by atoms with Crippen LogP contribution in [0.15, 0.2) is 24.3 Å². The molecular formula is C19H30N2S. The van der Waals surface area contributed by atoms with Crippen molar-refractivity contribution in [2.45, 2.75) is 77.3 Å². The molecule has 1 aliphatic rings. The highest BCUT2D eigenvalue weighted by Crippen LogP contribution is 2.24. The Labute approximate surface area is 141 Å². The van der Waals surface area contributed by atoms with Crippen LogP contribution in [-0.4, -0.2) is 11.2 Å². The van der Waals surface area contributed by atoms with Crippen LogP contribution >= 0.6 is 12.2 Å². The van der Waals surface area contributed by atoms with Gasteiger partial charge in [0.25, 0.3) is 0 Å². The van der Waals surface area contributed by atoms with E-state index in [2.05, 4.69) is 62.6 Å². The summed E-state index contributed by atoms with van der Waals surface area (Å²) in [6.45, 7) is 8.90. The molecule has 22 heavy (non-hydrogen) atoms. The van der Waals surface area contributed by atoms with Crippen LogP contribution in [0.5, 0.6) is 0 Å². The predicted molar refractivity (Wildman–Crippen MR) is 99.3 cm³/mol. The molecule has 1 fully saturated rings. The minimum absolute atomic E-state index is 0.201. The van der Waals surface area contributed by atoms with Crippen molar-refractivity contribution in [3.05, 3.63) is 35.4 Å². The van der Waals surface area contributed by atoms with E-state index in [1.807, 2.05) is 0 Å². The smallest absolute Gasteiger partial charge is 0.166 e. The molecule has 0 radical (unpaired) electrons. The fourth-order valence-corrected chi connectivity index (χ4v) is 3.37. The maximum absolute atomic E-state index is 5.47. The van der Waals surface area contributed by atoms with E-state index in [1.54, 1.807) is 0 Å². The maximum atomic E-state index is 5.47. The summed E-state index contributed by atoms with van der Waals surface area (Å²) in [7, 11) is 0. The lowest BCUT2D eigenvalue weighted by molar-refractivity contribution is 0.411. The predicted octanol–water partition coefficient (Wildman–Crippen LogP) is 4.84.